The van der Waals surface area contributed by atoms with Crippen LogP contribution >= 0.6 is 11.3 Å². The predicted molar refractivity (Wildman–Crippen MR) is 103 cm³/mol. The standard InChI is InChI=1S/C19H23N3OS/c1-15-13-17(20-19(23)6-3-16-7-12-24-14-16)4-5-18(15)22-10-8-21(2)9-11-22/h3-7,12-14H,8-11H2,1-2H3,(H,20,23)/b6-3+. The largest absolute Gasteiger partial charge is 0.369 e. The number of piperazine rings is 1. The van der Waals surface area contributed by atoms with Crippen LogP contribution in [0.15, 0.2) is 41.1 Å². The predicted octanol–water partition coefficient (Wildman–Crippen LogP) is 3.46. The van der Waals surface area contributed by atoms with Gasteiger partial charge in [-0.1, -0.05) is 0 Å². The van der Waals surface area contributed by atoms with Gasteiger partial charge in [0.1, 0.15) is 0 Å². The van der Waals surface area contributed by atoms with Gasteiger partial charge in [-0.25, -0.2) is 0 Å². The number of likely N-dealkylation sites (N-methyl/N-ethyl adjacent to an activating group) is 1. The minimum Gasteiger partial charge on any atom is -0.369 e. The maximum Gasteiger partial charge on any atom is 0.248 e. The van der Waals surface area contributed by atoms with Crippen molar-refractivity contribution >= 4 is 34.7 Å². The van der Waals surface area contributed by atoms with Crippen molar-refractivity contribution in [3.8, 4) is 0 Å². The topological polar surface area (TPSA) is 35.6 Å². The Labute approximate surface area is 147 Å². The molecule has 5 heteroatoms. The van der Waals surface area contributed by atoms with Gasteiger partial charge in [-0.3, -0.25) is 4.79 Å². The molecule has 0 atom stereocenters. The van der Waals surface area contributed by atoms with Crippen LogP contribution in [-0.4, -0.2) is 44.0 Å². The van der Waals surface area contributed by atoms with Crippen molar-refractivity contribution in [2.45, 2.75) is 6.92 Å². The second kappa shape index (κ2) is 7.64. The molecule has 3 rings (SSSR count). The van der Waals surface area contributed by atoms with E-state index in [1.165, 1.54) is 11.3 Å². The van der Waals surface area contributed by atoms with E-state index in [1.54, 1.807) is 17.4 Å². The molecule has 1 aromatic carbocycles. The van der Waals surface area contributed by atoms with Gasteiger partial charge in [-0.15, -0.1) is 0 Å². The zero-order valence-electron chi connectivity index (χ0n) is 14.2. The first-order valence-corrected chi connectivity index (χ1v) is 9.11. The second-order valence-electron chi connectivity index (χ2n) is 6.17. The lowest BCUT2D eigenvalue weighted by Crippen LogP contribution is -2.44. The minimum atomic E-state index is -0.104. The van der Waals surface area contributed by atoms with Crippen molar-refractivity contribution in [3.63, 3.8) is 0 Å². The van der Waals surface area contributed by atoms with Gasteiger partial charge >= 0.3 is 0 Å². The third kappa shape index (κ3) is 4.24. The Morgan fingerprint density at radius 2 is 2.00 bits per heavy atom. The van der Waals surface area contributed by atoms with Crippen LogP contribution in [0.4, 0.5) is 11.4 Å². The van der Waals surface area contributed by atoms with Crippen LogP contribution in [0, 0.1) is 6.92 Å². The van der Waals surface area contributed by atoms with Crippen molar-refractivity contribution in [2.24, 2.45) is 0 Å². The van der Waals surface area contributed by atoms with Gasteiger partial charge < -0.3 is 15.1 Å². The molecule has 1 aliphatic rings. The fraction of sp³-hybridized carbons (Fsp3) is 0.316. The zero-order valence-corrected chi connectivity index (χ0v) is 15.0. The van der Waals surface area contributed by atoms with Crippen LogP contribution in [0.5, 0.6) is 0 Å². The molecule has 0 bridgehead atoms. The molecule has 4 nitrogen and oxygen atoms in total. The Balaban J connectivity index is 1.63. The highest BCUT2D eigenvalue weighted by molar-refractivity contribution is 7.08. The molecule has 24 heavy (non-hydrogen) atoms. The molecule has 2 heterocycles. The van der Waals surface area contributed by atoms with E-state index in [0.717, 1.165) is 37.4 Å². The number of hydrogen-bond donors (Lipinski definition) is 1. The first-order valence-electron chi connectivity index (χ1n) is 8.17. The van der Waals surface area contributed by atoms with E-state index >= 15 is 0 Å². The summed E-state index contributed by atoms with van der Waals surface area (Å²) in [7, 11) is 2.16. The molecule has 1 fully saturated rings. The maximum absolute atomic E-state index is 12.0. The van der Waals surface area contributed by atoms with Crippen LogP contribution in [0.2, 0.25) is 0 Å². The fourth-order valence-corrected chi connectivity index (χ4v) is 3.49. The summed E-state index contributed by atoms with van der Waals surface area (Å²) in [5.41, 5.74) is 4.34. The minimum absolute atomic E-state index is 0.104. The van der Waals surface area contributed by atoms with Crippen LogP contribution in [0.3, 0.4) is 0 Å². The Bertz CT molecular complexity index is 716. The van der Waals surface area contributed by atoms with Gasteiger partial charge in [0, 0.05) is 43.6 Å². The molecule has 1 N–H and O–H groups in total. The lowest BCUT2D eigenvalue weighted by atomic mass is 10.1. The smallest absolute Gasteiger partial charge is 0.248 e. The molecule has 1 aliphatic heterocycles. The first-order chi connectivity index (χ1) is 11.6. The monoisotopic (exact) mass is 341 g/mol. The van der Waals surface area contributed by atoms with Crippen LogP contribution in [0.25, 0.3) is 6.08 Å². The van der Waals surface area contributed by atoms with E-state index < -0.39 is 0 Å². The number of anilines is 2. The van der Waals surface area contributed by atoms with Crippen molar-refractivity contribution in [1.82, 2.24) is 4.90 Å². The molecule has 0 spiro atoms. The van der Waals surface area contributed by atoms with Crippen molar-refractivity contribution in [3.05, 3.63) is 52.2 Å². The Hall–Kier alpha value is -2.11. The van der Waals surface area contributed by atoms with Gasteiger partial charge in [-0.2, -0.15) is 11.3 Å². The number of hydrogen-bond acceptors (Lipinski definition) is 4. The normalized spacial score (nSPS) is 15.8. The summed E-state index contributed by atoms with van der Waals surface area (Å²) >= 11 is 1.62. The van der Waals surface area contributed by atoms with Gasteiger partial charge in [0.2, 0.25) is 5.91 Å². The van der Waals surface area contributed by atoms with Gasteiger partial charge in [0.15, 0.2) is 0 Å². The highest BCUT2D eigenvalue weighted by Gasteiger charge is 2.16. The van der Waals surface area contributed by atoms with E-state index in [-0.39, 0.29) is 5.91 Å². The van der Waals surface area contributed by atoms with E-state index in [2.05, 4.69) is 35.2 Å². The number of amides is 1. The van der Waals surface area contributed by atoms with E-state index in [4.69, 9.17) is 0 Å². The SMILES string of the molecule is Cc1cc(NC(=O)/C=C/c2ccsc2)ccc1N1CCN(C)CC1. The van der Waals surface area contributed by atoms with E-state index in [9.17, 15) is 4.79 Å². The first kappa shape index (κ1) is 16.7. The number of nitrogens with zero attached hydrogens (tertiary/aromatic N) is 2. The average Bonchev–Trinajstić information content (AvgIpc) is 3.08. The third-order valence-electron chi connectivity index (χ3n) is 4.28. The molecule has 0 unspecified atom stereocenters. The Morgan fingerprint density at radius 1 is 1.21 bits per heavy atom. The summed E-state index contributed by atoms with van der Waals surface area (Å²) in [6.07, 6.45) is 3.41. The summed E-state index contributed by atoms with van der Waals surface area (Å²) in [4.78, 5) is 16.8. The number of benzene rings is 1. The van der Waals surface area contributed by atoms with Gasteiger partial charge in [0.25, 0.3) is 0 Å². The second-order valence-corrected chi connectivity index (χ2v) is 6.95. The number of carbonyl (C=O) groups excluding carboxylic acids is 1. The van der Waals surface area contributed by atoms with E-state index in [0.29, 0.717) is 0 Å². The molecule has 1 saturated heterocycles. The molecule has 0 aliphatic carbocycles. The molecule has 1 aromatic heterocycles. The lowest BCUT2D eigenvalue weighted by Gasteiger charge is -2.35. The van der Waals surface area contributed by atoms with Crippen molar-refractivity contribution < 1.29 is 4.79 Å². The van der Waals surface area contributed by atoms with Crippen molar-refractivity contribution in [2.75, 3.05) is 43.4 Å². The molecule has 1 amide bonds. The molecular formula is C19H23N3OS. The molecule has 0 radical (unpaired) electrons. The van der Waals surface area contributed by atoms with Crippen LogP contribution < -0.4 is 10.2 Å². The molecule has 2 aromatic rings. The average molecular weight is 341 g/mol. The maximum atomic E-state index is 12.0. The zero-order chi connectivity index (χ0) is 16.9. The Morgan fingerprint density at radius 3 is 2.67 bits per heavy atom. The quantitative estimate of drug-likeness (QED) is 0.865. The highest BCUT2D eigenvalue weighted by Crippen LogP contribution is 2.24. The number of aryl methyl sites for hydroxylation is 1. The Kier molecular flexibility index (Phi) is 5.33. The molecular weight excluding hydrogens is 318 g/mol. The van der Waals surface area contributed by atoms with Crippen LogP contribution in [0.1, 0.15) is 11.1 Å². The number of thiophene rings is 1. The van der Waals surface area contributed by atoms with Crippen LogP contribution in [-0.2, 0) is 4.79 Å². The highest BCUT2D eigenvalue weighted by atomic mass is 32.1. The summed E-state index contributed by atoms with van der Waals surface area (Å²) < 4.78 is 0. The van der Waals surface area contributed by atoms with Gasteiger partial charge in [0.05, 0.1) is 0 Å². The van der Waals surface area contributed by atoms with E-state index in [1.807, 2.05) is 35.0 Å². The number of carbonyl (C=O) groups is 1. The third-order valence-corrected chi connectivity index (χ3v) is 4.98. The summed E-state index contributed by atoms with van der Waals surface area (Å²) in [6, 6.07) is 8.13. The summed E-state index contributed by atoms with van der Waals surface area (Å²) in [5.74, 6) is -0.104. The summed E-state index contributed by atoms with van der Waals surface area (Å²) in [6.45, 7) is 6.37. The molecule has 0 saturated carbocycles. The van der Waals surface area contributed by atoms with Crippen molar-refractivity contribution in [1.29, 1.82) is 0 Å². The number of nitrogens with one attached hydrogen (secondary N) is 1. The number of rotatable bonds is 4. The molecule has 126 valence electrons. The fourth-order valence-electron chi connectivity index (χ4n) is 2.86. The lowest BCUT2D eigenvalue weighted by molar-refractivity contribution is -0.111. The van der Waals surface area contributed by atoms with Gasteiger partial charge in [-0.05, 0) is 66.2 Å². The summed E-state index contributed by atoms with van der Waals surface area (Å²) in [5, 5.41) is 6.94.